The van der Waals surface area contributed by atoms with Crippen molar-refractivity contribution in [2.45, 2.75) is 26.0 Å². The second kappa shape index (κ2) is 11.9. The maximum atomic E-state index is 14.4. The van der Waals surface area contributed by atoms with Gasteiger partial charge in [-0.1, -0.05) is 54.6 Å². The number of amides is 1. The number of aromatic nitrogens is 2. The molecule has 6 rings (SSSR count). The van der Waals surface area contributed by atoms with Crippen molar-refractivity contribution >= 4 is 22.4 Å². The lowest BCUT2D eigenvalue weighted by Crippen LogP contribution is -2.52. The fourth-order valence-corrected chi connectivity index (χ4v) is 5.56. The number of carbonyl (C=O) groups excluding carboxylic acids is 1. The number of hydrogen-bond donors (Lipinski definition) is 1. The van der Waals surface area contributed by atoms with Gasteiger partial charge in [0.1, 0.15) is 30.1 Å². The van der Waals surface area contributed by atoms with E-state index in [1.807, 2.05) is 84.6 Å². The quantitative estimate of drug-likeness (QED) is 0.249. The van der Waals surface area contributed by atoms with Crippen LogP contribution in [0.3, 0.4) is 0 Å². The molecule has 0 radical (unpaired) electrons. The largest absolute Gasteiger partial charge is 0.489 e. The SMILES string of the molecule is Cc1ncc(C(Cc2ccc(C#N)c(F)c2)N2CCN(c3cccc4ccc(OCc5ccccc5)cc34)C(=O)C2)[nH]1. The van der Waals surface area contributed by atoms with Crippen LogP contribution in [0.2, 0.25) is 0 Å². The molecule has 7 nitrogen and oxygen atoms in total. The number of anilines is 1. The number of hydrogen-bond acceptors (Lipinski definition) is 5. The number of nitriles is 1. The fraction of sp³-hybridized carbons (Fsp3) is 0.206. The Kier molecular flexibility index (Phi) is 7.67. The van der Waals surface area contributed by atoms with Crippen molar-refractivity contribution in [3.8, 4) is 11.8 Å². The normalized spacial score (nSPS) is 14.6. The molecule has 1 N–H and O–H groups in total. The van der Waals surface area contributed by atoms with Crippen LogP contribution in [0.5, 0.6) is 5.75 Å². The van der Waals surface area contributed by atoms with Crippen molar-refractivity contribution < 1.29 is 13.9 Å². The average Bonchev–Trinajstić information content (AvgIpc) is 3.45. The Balaban J connectivity index is 1.23. The predicted molar refractivity (Wildman–Crippen MR) is 160 cm³/mol. The summed E-state index contributed by atoms with van der Waals surface area (Å²) in [6.45, 7) is 3.65. The zero-order chi connectivity index (χ0) is 29.1. The van der Waals surface area contributed by atoms with Gasteiger partial charge in [0, 0.05) is 24.7 Å². The highest BCUT2D eigenvalue weighted by Gasteiger charge is 2.32. The lowest BCUT2D eigenvalue weighted by Gasteiger charge is -2.39. The van der Waals surface area contributed by atoms with E-state index in [0.717, 1.165) is 44.9 Å². The van der Waals surface area contributed by atoms with Gasteiger partial charge in [-0.3, -0.25) is 9.69 Å². The second-order valence-electron chi connectivity index (χ2n) is 10.5. The number of benzene rings is 4. The van der Waals surface area contributed by atoms with Gasteiger partial charge in [-0.2, -0.15) is 5.26 Å². The van der Waals surface area contributed by atoms with Gasteiger partial charge in [0.15, 0.2) is 0 Å². The first-order valence-corrected chi connectivity index (χ1v) is 13.9. The molecule has 1 saturated heterocycles. The number of H-pyrrole nitrogens is 1. The van der Waals surface area contributed by atoms with E-state index in [1.54, 1.807) is 12.3 Å². The molecule has 1 aliphatic rings. The fourth-order valence-electron chi connectivity index (χ4n) is 5.56. The molecule has 5 aromatic rings. The van der Waals surface area contributed by atoms with Gasteiger partial charge in [-0.15, -0.1) is 0 Å². The molecule has 0 spiro atoms. The maximum Gasteiger partial charge on any atom is 0.241 e. The smallest absolute Gasteiger partial charge is 0.241 e. The van der Waals surface area contributed by atoms with Crippen LogP contribution in [0.1, 0.15) is 34.3 Å². The van der Waals surface area contributed by atoms with Crippen LogP contribution in [0.4, 0.5) is 10.1 Å². The molecule has 8 heteroatoms. The highest BCUT2D eigenvalue weighted by Crippen LogP contribution is 2.33. The molecule has 210 valence electrons. The van der Waals surface area contributed by atoms with Gasteiger partial charge in [-0.05, 0) is 60.2 Å². The first kappa shape index (κ1) is 27.2. The summed E-state index contributed by atoms with van der Waals surface area (Å²) in [6.07, 6.45) is 2.24. The molecule has 1 aromatic heterocycles. The number of carbonyl (C=O) groups is 1. The number of aryl methyl sites for hydroxylation is 1. The van der Waals surface area contributed by atoms with Gasteiger partial charge in [0.05, 0.1) is 29.5 Å². The first-order valence-electron chi connectivity index (χ1n) is 13.9. The molecule has 1 aliphatic heterocycles. The molecular formula is C34H30FN5O2. The van der Waals surface area contributed by atoms with Crippen molar-refractivity contribution in [2.75, 3.05) is 24.5 Å². The summed E-state index contributed by atoms with van der Waals surface area (Å²) in [5, 5.41) is 11.1. The summed E-state index contributed by atoms with van der Waals surface area (Å²) in [5.74, 6) is 0.955. The molecule has 1 unspecified atom stereocenters. The lowest BCUT2D eigenvalue weighted by atomic mass is 9.99. The van der Waals surface area contributed by atoms with Gasteiger partial charge in [0.2, 0.25) is 5.91 Å². The molecular weight excluding hydrogens is 529 g/mol. The van der Waals surface area contributed by atoms with Crippen LogP contribution in [0.15, 0.2) is 91.1 Å². The van der Waals surface area contributed by atoms with E-state index in [1.165, 1.54) is 12.1 Å². The third kappa shape index (κ3) is 5.73. The topological polar surface area (TPSA) is 85.2 Å². The molecule has 42 heavy (non-hydrogen) atoms. The average molecular weight is 560 g/mol. The number of aromatic amines is 1. The zero-order valence-electron chi connectivity index (χ0n) is 23.3. The van der Waals surface area contributed by atoms with E-state index in [9.17, 15) is 9.18 Å². The molecule has 1 fully saturated rings. The Morgan fingerprint density at radius 2 is 1.88 bits per heavy atom. The Hall–Kier alpha value is -5.00. The maximum absolute atomic E-state index is 14.4. The third-order valence-corrected chi connectivity index (χ3v) is 7.73. The Labute approximate surface area is 243 Å². The van der Waals surface area contributed by atoms with Crippen LogP contribution in [-0.4, -0.2) is 40.4 Å². The number of fused-ring (bicyclic) bond motifs is 1. The number of nitrogens with one attached hydrogen (secondary N) is 1. The number of imidazole rings is 1. The number of ether oxygens (including phenoxy) is 1. The van der Waals surface area contributed by atoms with Crippen LogP contribution in [0.25, 0.3) is 10.8 Å². The van der Waals surface area contributed by atoms with Crippen molar-refractivity contribution in [3.63, 3.8) is 0 Å². The summed E-state index contributed by atoms with van der Waals surface area (Å²) in [4.78, 5) is 25.3. The van der Waals surface area contributed by atoms with Gasteiger partial charge < -0.3 is 14.6 Å². The van der Waals surface area contributed by atoms with Crippen molar-refractivity contribution in [2.24, 2.45) is 0 Å². The van der Waals surface area contributed by atoms with Crippen LogP contribution >= 0.6 is 0 Å². The monoisotopic (exact) mass is 559 g/mol. The van der Waals surface area contributed by atoms with E-state index in [2.05, 4.69) is 14.9 Å². The predicted octanol–water partition coefficient (Wildman–Crippen LogP) is 6.09. The molecule has 0 bridgehead atoms. The highest BCUT2D eigenvalue weighted by molar-refractivity contribution is 6.05. The number of nitrogens with zero attached hydrogens (tertiary/aromatic N) is 4. The summed E-state index contributed by atoms with van der Waals surface area (Å²) in [7, 11) is 0. The third-order valence-electron chi connectivity index (χ3n) is 7.73. The van der Waals surface area contributed by atoms with E-state index in [0.29, 0.717) is 26.1 Å². The number of rotatable bonds is 8. The van der Waals surface area contributed by atoms with Gasteiger partial charge in [-0.25, -0.2) is 9.37 Å². The summed E-state index contributed by atoms with van der Waals surface area (Å²) < 4.78 is 20.5. The molecule has 0 saturated carbocycles. The Morgan fingerprint density at radius 1 is 1.02 bits per heavy atom. The minimum Gasteiger partial charge on any atom is -0.489 e. The van der Waals surface area contributed by atoms with E-state index >= 15 is 0 Å². The molecule has 2 heterocycles. The Morgan fingerprint density at radius 3 is 2.62 bits per heavy atom. The van der Waals surface area contributed by atoms with E-state index in [-0.39, 0.29) is 24.1 Å². The minimum atomic E-state index is -0.543. The Bertz CT molecular complexity index is 1780. The second-order valence-corrected chi connectivity index (χ2v) is 10.5. The number of piperazine rings is 1. The highest BCUT2D eigenvalue weighted by atomic mass is 19.1. The summed E-state index contributed by atoms with van der Waals surface area (Å²) in [6, 6.07) is 28.3. The van der Waals surface area contributed by atoms with Gasteiger partial charge in [0.25, 0.3) is 0 Å². The zero-order valence-corrected chi connectivity index (χ0v) is 23.3. The summed E-state index contributed by atoms with van der Waals surface area (Å²) in [5.41, 5.74) is 3.56. The van der Waals surface area contributed by atoms with Crippen LogP contribution < -0.4 is 9.64 Å². The minimum absolute atomic E-state index is 0.0141. The molecule has 1 amide bonds. The van der Waals surface area contributed by atoms with Crippen molar-refractivity contribution in [1.29, 1.82) is 5.26 Å². The molecule has 0 aliphatic carbocycles. The number of halogens is 1. The molecule has 4 aromatic carbocycles. The van der Waals surface area contributed by atoms with Crippen molar-refractivity contribution in [3.05, 3.63) is 125 Å². The first-order chi connectivity index (χ1) is 20.5. The van der Waals surface area contributed by atoms with E-state index < -0.39 is 5.82 Å². The van der Waals surface area contributed by atoms with Crippen LogP contribution in [-0.2, 0) is 17.8 Å². The van der Waals surface area contributed by atoms with Gasteiger partial charge >= 0.3 is 0 Å². The van der Waals surface area contributed by atoms with Crippen LogP contribution in [0, 0.1) is 24.1 Å². The lowest BCUT2D eigenvalue weighted by molar-refractivity contribution is -0.122. The molecule has 1 atom stereocenters. The standard InChI is InChI=1S/C34H30FN5O2/c1-23-37-20-31(38-23)33(17-25-10-11-27(19-36)30(35)16-25)39-14-15-40(34(41)21-39)32-9-5-8-26-12-13-28(18-29(26)32)42-22-24-6-3-2-4-7-24/h2-13,16,18,20,33H,14-15,17,21-22H2,1H3,(H,37,38). The van der Waals surface area contributed by atoms with E-state index in [4.69, 9.17) is 10.00 Å². The summed E-state index contributed by atoms with van der Waals surface area (Å²) >= 11 is 0. The van der Waals surface area contributed by atoms with Crippen molar-refractivity contribution in [1.82, 2.24) is 14.9 Å².